The van der Waals surface area contributed by atoms with Gasteiger partial charge in [0.1, 0.15) is 40.9 Å². The second-order valence-corrected chi connectivity index (χ2v) is 9.28. The van der Waals surface area contributed by atoms with Gasteiger partial charge in [-0.25, -0.2) is 14.4 Å². The van der Waals surface area contributed by atoms with E-state index in [9.17, 15) is 9.18 Å². The molecule has 0 saturated carbocycles. The zero-order chi connectivity index (χ0) is 28.2. The van der Waals surface area contributed by atoms with Crippen molar-refractivity contribution in [3.63, 3.8) is 0 Å². The van der Waals surface area contributed by atoms with Crippen molar-refractivity contribution in [2.24, 2.45) is 0 Å². The number of hydrogen-bond acceptors (Lipinski definition) is 8. The Labute approximate surface area is 230 Å². The fourth-order valence-electron chi connectivity index (χ4n) is 4.51. The Balaban J connectivity index is 1.58. The number of benzene rings is 3. The standard InChI is InChI=1S/C31H28FN5O3/c1-3-14-39-22-11-7-9-20(16-22)27(33)26-30(34)35-17-36-31(26)37-18(2)29-25(19-8-6-10-21(32)15-19)28(38)23-12-4-5-13-24(23)40-29/h4-13,15-18,33H,3,14H2,1-2H3,(H3,34,35,36,37). The number of para-hydroxylation sites is 1. The van der Waals surface area contributed by atoms with Gasteiger partial charge >= 0.3 is 0 Å². The number of halogens is 1. The quantitative estimate of drug-likeness (QED) is 0.187. The molecule has 202 valence electrons. The van der Waals surface area contributed by atoms with Gasteiger partial charge in [0.2, 0.25) is 5.43 Å². The summed E-state index contributed by atoms with van der Waals surface area (Å²) in [7, 11) is 0. The lowest BCUT2D eigenvalue weighted by Crippen LogP contribution is -2.18. The SMILES string of the molecule is CCCOc1cccc(C(=N)c2c(N)ncnc2NC(C)c2oc3ccccc3c(=O)c2-c2cccc(F)c2)c1. The molecular formula is C31H28FN5O3. The van der Waals surface area contributed by atoms with Gasteiger partial charge in [-0.1, -0.05) is 43.3 Å². The molecule has 9 heteroatoms. The summed E-state index contributed by atoms with van der Waals surface area (Å²) in [6.45, 7) is 4.37. The summed E-state index contributed by atoms with van der Waals surface area (Å²) < 4.78 is 26.2. The molecule has 8 nitrogen and oxygen atoms in total. The molecule has 5 rings (SSSR count). The van der Waals surface area contributed by atoms with Crippen LogP contribution in [0.5, 0.6) is 5.75 Å². The van der Waals surface area contributed by atoms with Crippen LogP contribution >= 0.6 is 0 Å². The summed E-state index contributed by atoms with van der Waals surface area (Å²) in [5, 5.41) is 12.6. The van der Waals surface area contributed by atoms with Crippen molar-refractivity contribution in [1.29, 1.82) is 5.41 Å². The number of aromatic nitrogens is 2. The normalized spacial score (nSPS) is 11.8. The fraction of sp³-hybridized carbons (Fsp3) is 0.161. The molecule has 0 saturated heterocycles. The van der Waals surface area contributed by atoms with Crippen molar-refractivity contribution < 1.29 is 13.5 Å². The third-order valence-electron chi connectivity index (χ3n) is 6.41. The van der Waals surface area contributed by atoms with Crippen molar-refractivity contribution in [3.05, 3.63) is 112 Å². The number of fused-ring (bicyclic) bond motifs is 1. The fourth-order valence-corrected chi connectivity index (χ4v) is 4.51. The number of nitrogens with zero attached hydrogens (tertiary/aromatic N) is 2. The molecule has 4 N–H and O–H groups in total. The third kappa shape index (κ3) is 5.26. The Morgan fingerprint density at radius 1 is 1.10 bits per heavy atom. The van der Waals surface area contributed by atoms with Crippen LogP contribution in [0.3, 0.4) is 0 Å². The number of nitrogens with one attached hydrogen (secondary N) is 2. The highest BCUT2D eigenvalue weighted by atomic mass is 19.1. The van der Waals surface area contributed by atoms with Crippen molar-refractivity contribution in [1.82, 2.24) is 9.97 Å². The molecule has 0 radical (unpaired) electrons. The zero-order valence-corrected chi connectivity index (χ0v) is 22.1. The Morgan fingerprint density at radius 2 is 1.90 bits per heavy atom. The van der Waals surface area contributed by atoms with E-state index in [2.05, 4.69) is 15.3 Å². The predicted molar refractivity (Wildman–Crippen MR) is 155 cm³/mol. The van der Waals surface area contributed by atoms with Crippen molar-refractivity contribution in [2.75, 3.05) is 17.7 Å². The van der Waals surface area contributed by atoms with Crippen LogP contribution in [0, 0.1) is 11.2 Å². The third-order valence-corrected chi connectivity index (χ3v) is 6.41. The lowest BCUT2D eigenvalue weighted by Gasteiger charge is -2.20. The molecule has 0 fully saturated rings. The Hall–Kier alpha value is -5.05. The van der Waals surface area contributed by atoms with Gasteiger partial charge in [0.25, 0.3) is 0 Å². The van der Waals surface area contributed by atoms with Crippen LogP contribution < -0.4 is 21.2 Å². The summed E-state index contributed by atoms with van der Waals surface area (Å²) >= 11 is 0. The van der Waals surface area contributed by atoms with Crippen molar-refractivity contribution >= 4 is 28.3 Å². The lowest BCUT2D eigenvalue weighted by molar-refractivity contribution is 0.317. The molecule has 0 spiro atoms. The highest BCUT2D eigenvalue weighted by Gasteiger charge is 2.24. The lowest BCUT2D eigenvalue weighted by atomic mass is 9.98. The molecule has 2 aromatic heterocycles. The molecule has 0 aliphatic carbocycles. The Morgan fingerprint density at radius 3 is 2.70 bits per heavy atom. The first-order chi connectivity index (χ1) is 19.4. The maximum absolute atomic E-state index is 14.2. The molecule has 0 bridgehead atoms. The summed E-state index contributed by atoms with van der Waals surface area (Å²) in [4.78, 5) is 22.1. The Kier molecular flexibility index (Phi) is 7.54. The van der Waals surface area contributed by atoms with Crippen LogP contribution in [0.4, 0.5) is 16.0 Å². The van der Waals surface area contributed by atoms with E-state index in [4.69, 9.17) is 20.3 Å². The maximum Gasteiger partial charge on any atom is 0.200 e. The first-order valence-corrected chi connectivity index (χ1v) is 12.9. The van der Waals surface area contributed by atoms with E-state index in [1.165, 1.54) is 18.5 Å². The van der Waals surface area contributed by atoms with Gasteiger partial charge in [0.05, 0.1) is 34.9 Å². The van der Waals surface area contributed by atoms with Crippen LogP contribution in [0.2, 0.25) is 0 Å². The molecule has 1 atom stereocenters. The van der Waals surface area contributed by atoms with Gasteiger partial charge in [-0.15, -0.1) is 0 Å². The smallest absolute Gasteiger partial charge is 0.200 e. The van der Waals surface area contributed by atoms with E-state index < -0.39 is 11.9 Å². The molecule has 3 aromatic carbocycles. The van der Waals surface area contributed by atoms with Crippen molar-refractivity contribution in [2.45, 2.75) is 26.3 Å². The summed E-state index contributed by atoms with van der Waals surface area (Å²) in [5.41, 5.74) is 7.95. The molecular weight excluding hydrogens is 509 g/mol. The van der Waals surface area contributed by atoms with Crippen LogP contribution in [0.25, 0.3) is 22.1 Å². The number of nitrogens with two attached hydrogens (primary N) is 1. The molecule has 0 aliphatic rings. The van der Waals surface area contributed by atoms with Gasteiger partial charge in [-0.3, -0.25) is 10.2 Å². The van der Waals surface area contributed by atoms with Gasteiger partial charge in [0, 0.05) is 5.56 Å². The average Bonchev–Trinajstić information content (AvgIpc) is 2.96. The van der Waals surface area contributed by atoms with E-state index in [1.807, 2.05) is 13.0 Å². The van der Waals surface area contributed by atoms with E-state index in [-0.39, 0.29) is 33.9 Å². The van der Waals surface area contributed by atoms with E-state index in [1.54, 1.807) is 61.5 Å². The summed E-state index contributed by atoms with van der Waals surface area (Å²) in [6, 6.07) is 19.3. The van der Waals surface area contributed by atoms with Crippen LogP contribution in [0.1, 0.15) is 43.2 Å². The number of rotatable bonds is 9. The number of nitrogen functional groups attached to an aromatic ring is 1. The minimum absolute atomic E-state index is 0.0973. The number of anilines is 2. The average molecular weight is 538 g/mol. The highest BCUT2D eigenvalue weighted by molar-refractivity contribution is 6.16. The monoisotopic (exact) mass is 537 g/mol. The predicted octanol–water partition coefficient (Wildman–Crippen LogP) is 6.35. The largest absolute Gasteiger partial charge is 0.494 e. The van der Waals surface area contributed by atoms with Gasteiger partial charge in [-0.2, -0.15) is 0 Å². The van der Waals surface area contributed by atoms with E-state index in [0.717, 1.165) is 6.42 Å². The highest BCUT2D eigenvalue weighted by Crippen LogP contribution is 2.32. The number of ether oxygens (including phenoxy) is 1. The van der Waals surface area contributed by atoms with Crippen LogP contribution in [-0.2, 0) is 0 Å². The maximum atomic E-state index is 14.2. The molecule has 0 amide bonds. The second kappa shape index (κ2) is 11.4. The second-order valence-electron chi connectivity index (χ2n) is 9.28. The minimum atomic E-state index is -0.629. The van der Waals surface area contributed by atoms with Crippen molar-refractivity contribution in [3.8, 4) is 16.9 Å². The molecule has 2 heterocycles. The number of hydrogen-bond donors (Lipinski definition) is 3. The molecule has 1 unspecified atom stereocenters. The molecule has 40 heavy (non-hydrogen) atoms. The van der Waals surface area contributed by atoms with Gasteiger partial charge in [-0.05, 0) is 55.3 Å². The van der Waals surface area contributed by atoms with E-state index >= 15 is 0 Å². The minimum Gasteiger partial charge on any atom is -0.494 e. The molecule has 5 aromatic rings. The van der Waals surface area contributed by atoms with Gasteiger partial charge < -0.3 is 20.2 Å². The summed E-state index contributed by atoms with van der Waals surface area (Å²) in [6.07, 6.45) is 2.15. The Bertz CT molecular complexity index is 1770. The topological polar surface area (TPSA) is 127 Å². The summed E-state index contributed by atoms with van der Waals surface area (Å²) in [5.74, 6) is 0.853. The molecule has 0 aliphatic heterocycles. The first-order valence-electron chi connectivity index (χ1n) is 12.9. The van der Waals surface area contributed by atoms with E-state index in [0.29, 0.717) is 40.2 Å². The van der Waals surface area contributed by atoms with Gasteiger partial charge in [0.15, 0.2) is 0 Å². The van der Waals surface area contributed by atoms with Crippen LogP contribution in [-0.4, -0.2) is 22.3 Å². The first kappa shape index (κ1) is 26.6. The zero-order valence-electron chi connectivity index (χ0n) is 22.1. The van der Waals surface area contributed by atoms with Crippen LogP contribution in [0.15, 0.2) is 88.3 Å².